The lowest BCUT2D eigenvalue weighted by molar-refractivity contribution is -0.135. The van der Waals surface area contributed by atoms with Crippen LogP contribution in [0.15, 0.2) is 0 Å². The van der Waals surface area contributed by atoms with Crippen LogP contribution in [-0.4, -0.2) is 49.2 Å². The molecule has 0 aromatic carbocycles. The monoisotopic (exact) mass is 268 g/mol. The van der Waals surface area contributed by atoms with Gasteiger partial charge in [-0.15, -0.1) is 0 Å². The van der Waals surface area contributed by atoms with Crippen LogP contribution in [0.3, 0.4) is 0 Å². The molecule has 2 heterocycles. The highest BCUT2D eigenvalue weighted by atomic mass is 16.5. The van der Waals surface area contributed by atoms with Crippen LogP contribution in [0.1, 0.15) is 51.9 Å². The Balaban J connectivity index is 1.76. The number of rotatable bonds is 5. The third-order valence-corrected chi connectivity index (χ3v) is 4.26. The first kappa shape index (κ1) is 14.8. The van der Waals surface area contributed by atoms with Crippen molar-refractivity contribution in [1.82, 2.24) is 10.2 Å². The van der Waals surface area contributed by atoms with E-state index in [1.807, 2.05) is 4.90 Å². The highest BCUT2D eigenvalue weighted by Gasteiger charge is 2.23. The fourth-order valence-corrected chi connectivity index (χ4v) is 3.05. The smallest absolute Gasteiger partial charge is 0.225 e. The van der Waals surface area contributed by atoms with Crippen LogP contribution < -0.4 is 5.32 Å². The number of hydrogen-bond acceptors (Lipinski definition) is 3. The largest absolute Gasteiger partial charge is 0.378 e. The molecule has 1 amide bonds. The summed E-state index contributed by atoms with van der Waals surface area (Å²) in [6.45, 7) is 5.67. The van der Waals surface area contributed by atoms with Gasteiger partial charge in [-0.05, 0) is 45.6 Å². The van der Waals surface area contributed by atoms with Crippen LogP contribution in [0.5, 0.6) is 0 Å². The number of piperidine rings is 1. The molecule has 2 saturated heterocycles. The van der Waals surface area contributed by atoms with E-state index < -0.39 is 0 Å². The lowest BCUT2D eigenvalue weighted by atomic mass is 10.0. The Morgan fingerprint density at radius 1 is 1.26 bits per heavy atom. The first-order valence-electron chi connectivity index (χ1n) is 7.92. The fraction of sp³-hybridized carbons (Fsp3) is 0.933. The Bertz CT molecular complexity index is 271. The Labute approximate surface area is 116 Å². The van der Waals surface area contributed by atoms with E-state index in [1.165, 1.54) is 25.7 Å². The van der Waals surface area contributed by atoms with Gasteiger partial charge in [-0.1, -0.05) is 6.42 Å². The van der Waals surface area contributed by atoms with Crippen LogP contribution in [-0.2, 0) is 9.53 Å². The second kappa shape index (κ2) is 7.85. The maximum absolute atomic E-state index is 12.3. The summed E-state index contributed by atoms with van der Waals surface area (Å²) >= 11 is 0. The molecule has 0 saturated carbocycles. The molecule has 2 fully saturated rings. The summed E-state index contributed by atoms with van der Waals surface area (Å²) in [7, 11) is 0. The molecule has 2 rings (SSSR count). The molecule has 4 heteroatoms. The maximum Gasteiger partial charge on any atom is 0.225 e. The van der Waals surface area contributed by atoms with E-state index in [0.717, 1.165) is 39.1 Å². The minimum absolute atomic E-state index is 0.162. The molecular formula is C15H28N2O2. The van der Waals surface area contributed by atoms with Crippen molar-refractivity contribution >= 4 is 5.91 Å². The van der Waals surface area contributed by atoms with Gasteiger partial charge >= 0.3 is 0 Å². The van der Waals surface area contributed by atoms with E-state index in [9.17, 15) is 4.79 Å². The minimum Gasteiger partial charge on any atom is -0.378 e. The first-order valence-corrected chi connectivity index (χ1v) is 7.92. The predicted molar refractivity (Wildman–Crippen MR) is 76.1 cm³/mol. The van der Waals surface area contributed by atoms with E-state index in [-0.39, 0.29) is 12.0 Å². The van der Waals surface area contributed by atoms with Gasteiger partial charge < -0.3 is 15.0 Å². The SMILES string of the molecule is CCN(CC1CCCCN1)C(=O)CC1CCCCO1. The highest BCUT2D eigenvalue weighted by Crippen LogP contribution is 2.17. The predicted octanol–water partition coefficient (Wildman–Crippen LogP) is 1.94. The van der Waals surface area contributed by atoms with Gasteiger partial charge in [0.05, 0.1) is 12.5 Å². The number of nitrogens with one attached hydrogen (secondary N) is 1. The molecule has 0 aliphatic carbocycles. The van der Waals surface area contributed by atoms with Crippen LogP contribution in [0.4, 0.5) is 0 Å². The Hall–Kier alpha value is -0.610. The summed E-state index contributed by atoms with van der Waals surface area (Å²) < 4.78 is 5.67. The van der Waals surface area contributed by atoms with Crippen LogP contribution in [0, 0.1) is 0 Å². The quantitative estimate of drug-likeness (QED) is 0.828. The van der Waals surface area contributed by atoms with Crippen LogP contribution >= 0.6 is 0 Å². The Morgan fingerprint density at radius 2 is 2.11 bits per heavy atom. The Morgan fingerprint density at radius 3 is 2.74 bits per heavy atom. The summed E-state index contributed by atoms with van der Waals surface area (Å²) in [5.74, 6) is 0.266. The van der Waals surface area contributed by atoms with Crippen molar-refractivity contribution in [1.29, 1.82) is 0 Å². The van der Waals surface area contributed by atoms with Crippen LogP contribution in [0.2, 0.25) is 0 Å². The Kier molecular flexibility index (Phi) is 6.11. The molecule has 0 aromatic heterocycles. The number of hydrogen-bond donors (Lipinski definition) is 1. The van der Waals surface area contributed by atoms with Gasteiger partial charge in [0.2, 0.25) is 5.91 Å². The van der Waals surface area contributed by atoms with Gasteiger partial charge in [-0.2, -0.15) is 0 Å². The van der Waals surface area contributed by atoms with E-state index in [1.54, 1.807) is 0 Å². The summed E-state index contributed by atoms with van der Waals surface area (Å²) in [6, 6.07) is 0.491. The molecule has 0 radical (unpaired) electrons. The molecule has 2 unspecified atom stereocenters. The standard InChI is InChI=1S/C15H28N2O2/c1-2-17(12-13-7-3-5-9-16-13)15(18)11-14-8-4-6-10-19-14/h13-14,16H,2-12H2,1H3. The number of carbonyl (C=O) groups is 1. The second-order valence-electron chi connectivity index (χ2n) is 5.77. The van der Waals surface area contributed by atoms with Gasteiger partial charge in [0.1, 0.15) is 0 Å². The van der Waals surface area contributed by atoms with E-state index >= 15 is 0 Å². The lowest BCUT2D eigenvalue weighted by Gasteiger charge is -2.31. The zero-order chi connectivity index (χ0) is 13.5. The van der Waals surface area contributed by atoms with Crippen molar-refractivity contribution in [2.45, 2.75) is 64.0 Å². The van der Waals surface area contributed by atoms with Crippen molar-refractivity contribution in [2.24, 2.45) is 0 Å². The molecule has 1 N–H and O–H groups in total. The van der Waals surface area contributed by atoms with Gasteiger partial charge in [0.15, 0.2) is 0 Å². The van der Waals surface area contributed by atoms with Crippen LogP contribution in [0.25, 0.3) is 0 Å². The third kappa shape index (κ3) is 4.77. The summed E-state index contributed by atoms with van der Waals surface area (Å²) in [6.07, 6.45) is 7.88. The number of amides is 1. The number of likely N-dealkylation sites (N-methyl/N-ethyl adjacent to an activating group) is 1. The highest BCUT2D eigenvalue weighted by molar-refractivity contribution is 5.76. The number of nitrogens with zero attached hydrogens (tertiary/aromatic N) is 1. The molecule has 19 heavy (non-hydrogen) atoms. The lowest BCUT2D eigenvalue weighted by Crippen LogP contribution is -2.46. The van der Waals surface area contributed by atoms with E-state index in [0.29, 0.717) is 12.5 Å². The molecular weight excluding hydrogens is 240 g/mol. The summed E-state index contributed by atoms with van der Waals surface area (Å²) in [4.78, 5) is 14.3. The minimum atomic E-state index is 0.162. The van der Waals surface area contributed by atoms with Crippen molar-refractivity contribution in [3.63, 3.8) is 0 Å². The number of carbonyl (C=O) groups excluding carboxylic acids is 1. The van der Waals surface area contributed by atoms with Gasteiger partial charge in [-0.3, -0.25) is 4.79 Å². The molecule has 4 nitrogen and oxygen atoms in total. The van der Waals surface area contributed by atoms with E-state index in [4.69, 9.17) is 4.74 Å². The van der Waals surface area contributed by atoms with Gasteiger partial charge in [0.25, 0.3) is 0 Å². The third-order valence-electron chi connectivity index (χ3n) is 4.26. The normalized spacial score (nSPS) is 28.1. The van der Waals surface area contributed by atoms with Gasteiger partial charge in [-0.25, -0.2) is 0 Å². The maximum atomic E-state index is 12.3. The molecule has 2 atom stereocenters. The van der Waals surface area contributed by atoms with E-state index in [2.05, 4.69) is 12.2 Å². The second-order valence-corrected chi connectivity index (χ2v) is 5.77. The summed E-state index contributed by atoms with van der Waals surface area (Å²) in [5, 5.41) is 3.52. The zero-order valence-corrected chi connectivity index (χ0v) is 12.2. The average molecular weight is 268 g/mol. The molecule has 0 bridgehead atoms. The average Bonchev–Trinajstić information content (AvgIpc) is 2.47. The molecule has 2 aliphatic rings. The van der Waals surface area contributed by atoms with Crippen molar-refractivity contribution in [3.05, 3.63) is 0 Å². The zero-order valence-electron chi connectivity index (χ0n) is 12.2. The first-order chi connectivity index (χ1) is 9.29. The summed E-state index contributed by atoms with van der Waals surface area (Å²) in [5.41, 5.74) is 0. The molecule has 110 valence electrons. The number of ether oxygens (including phenoxy) is 1. The van der Waals surface area contributed by atoms with Crippen molar-refractivity contribution in [3.8, 4) is 0 Å². The topological polar surface area (TPSA) is 41.6 Å². The van der Waals surface area contributed by atoms with Crippen molar-refractivity contribution in [2.75, 3.05) is 26.2 Å². The fourth-order valence-electron chi connectivity index (χ4n) is 3.05. The molecule has 0 spiro atoms. The molecule has 2 aliphatic heterocycles. The molecule has 0 aromatic rings. The van der Waals surface area contributed by atoms with Crippen molar-refractivity contribution < 1.29 is 9.53 Å². The van der Waals surface area contributed by atoms with Gasteiger partial charge in [0, 0.05) is 25.7 Å².